The van der Waals surface area contributed by atoms with Crippen molar-refractivity contribution in [3.05, 3.63) is 16.0 Å². The Bertz CT molecular complexity index is 317. The molecular formula is C9H14BrN3S. The highest BCUT2D eigenvalue weighted by Crippen LogP contribution is 2.23. The molecule has 0 bridgehead atoms. The van der Waals surface area contributed by atoms with Gasteiger partial charge in [0.2, 0.25) is 0 Å². The van der Waals surface area contributed by atoms with Gasteiger partial charge in [-0.3, -0.25) is 0 Å². The van der Waals surface area contributed by atoms with Crippen molar-refractivity contribution >= 4 is 33.5 Å². The van der Waals surface area contributed by atoms with E-state index in [1.54, 1.807) is 11.8 Å². The summed E-state index contributed by atoms with van der Waals surface area (Å²) in [4.78, 5) is 8.81. The maximum Gasteiger partial charge on any atom is 0.144 e. The van der Waals surface area contributed by atoms with Crippen LogP contribution in [-0.2, 0) is 5.75 Å². The average molecular weight is 276 g/mol. The van der Waals surface area contributed by atoms with Crippen LogP contribution < -0.4 is 5.32 Å². The van der Waals surface area contributed by atoms with Crippen molar-refractivity contribution in [1.29, 1.82) is 0 Å². The van der Waals surface area contributed by atoms with Crippen LogP contribution in [0, 0.1) is 6.92 Å². The summed E-state index contributed by atoms with van der Waals surface area (Å²) in [6.45, 7) is 4.91. The second-order valence-corrected chi connectivity index (χ2v) is 4.51. The first-order valence-corrected chi connectivity index (χ1v) is 6.63. The zero-order chi connectivity index (χ0) is 10.6. The smallest absolute Gasteiger partial charge is 0.144 e. The van der Waals surface area contributed by atoms with Gasteiger partial charge in [0, 0.05) is 6.54 Å². The monoisotopic (exact) mass is 275 g/mol. The van der Waals surface area contributed by atoms with E-state index in [1.165, 1.54) is 0 Å². The van der Waals surface area contributed by atoms with E-state index in [0.717, 1.165) is 34.1 Å². The largest absolute Gasteiger partial charge is 0.369 e. The molecule has 0 aromatic carbocycles. The summed E-state index contributed by atoms with van der Waals surface area (Å²) in [7, 11) is 0. The Hall–Kier alpha value is -0.290. The van der Waals surface area contributed by atoms with Gasteiger partial charge in [-0.2, -0.15) is 11.8 Å². The molecule has 0 radical (unpaired) electrons. The number of hydrogen-bond donors (Lipinski definition) is 1. The van der Waals surface area contributed by atoms with Crippen molar-refractivity contribution in [2.45, 2.75) is 19.6 Å². The average Bonchev–Trinajstić information content (AvgIpc) is 2.14. The molecule has 0 unspecified atom stereocenters. The van der Waals surface area contributed by atoms with Crippen molar-refractivity contribution in [2.24, 2.45) is 0 Å². The summed E-state index contributed by atoms with van der Waals surface area (Å²) >= 11 is 5.20. The van der Waals surface area contributed by atoms with E-state index in [9.17, 15) is 0 Å². The molecule has 1 aromatic heterocycles. The number of nitrogens with zero attached hydrogens (tertiary/aromatic N) is 2. The molecule has 0 aliphatic carbocycles. The van der Waals surface area contributed by atoms with Crippen molar-refractivity contribution in [1.82, 2.24) is 9.97 Å². The predicted octanol–water partition coefficient (Wildman–Crippen LogP) is 2.84. The summed E-state index contributed by atoms with van der Waals surface area (Å²) in [5, 5.41) is 3.21. The molecule has 0 aliphatic heterocycles. The van der Waals surface area contributed by atoms with Gasteiger partial charge in [-0.05, 0) is 36.0 Å². The minimum atomic E-state index is 0.854. The molecule has 0 fully saturated rings. The van der Waals surface area contributed by atoms with Crippen LogP contribution in [0.3, 0.4) is 0 Å². The molecule has 1 N–H and O–H groups in total. The number of hydrogen-bond acceptors (Lipinski definition) is 4. The van der Waals surface area contributed by atoms with Gasteiger partial charge in [-0.25, -0.2) is 9.97 Å². The number of thioether (sulfide) groups is 1. The van der Waals surface area contributed by atoms with Crippen LogP contribution in [0.4, 0.5) is 5.82 Å². The Morgan fingerprint density at radius 1 is 1.43 bits per heavy atom. The van der Waals surface area contributed by atoms with Crippen molar-refractivity contribution < 1.29 is 0 Å². The molecular weight excluding hydrogens is 262 g/mol. The first-order valence-electron chi connectivity index (χ1n) is 4.44. The third-order valence-electron chi connectivity index (χ3n) is 1.68. The van der Waals surface area contributed by atoms with Gasteiger partial charge in [0.25, 0.3) is 0 Å². The van der Waals surface area contributed by atoms with E-state index < -0.39 is 0 Å². The highest BCUT2D eigenvalue weighted by atomic mass is 79.9. The molecule has 1 aromatic rings. The van der Waals surface area contributed by atoms with Crippen LogP contribution in [0.2, 0.25) is 0 Å². The van der Waals surface area contributed by atoms with Gasteiger partial charge in [-0.1, -0.05) is 0 Å². The normalized spacial score (nSPS) is 10.3. The second-order valence-electron chi connectivity index (χ2n) is 2.85. The summed E-state index contributed by atoms with van der Waals surface area (Å²) in [5.41, 5.74) is 0.986. The lowest BCUT2D eigenvalue weighted by molar-refractivity contribution is 0.976. The van der Waals surface area contributed by atoms with Crippen LogP contribution in [0.1, 0.15) is 18.4 Å². The van der Waals surface area contributed by atoms with Gasteiger partial charge >= 0.3 is 0 Å². The standard InChI is InChI=1S/C9H14BrN3S/c1-4-11-9-8(10)6(2)12-7(13-9)5-14-3/h4-5H2,1-3H3,(H,11,12,13). The quantitative estimate of drug-likeness (QED) is 0.917. The van der Waals surface area contributed by atoms with E-state index in [1.807, 2.05) is 13.2 Å². The van der Waals surface area contributed by atoms with Crippen LogP contribution in [0.5, 0.6) is 0 Å². The number of aromatic nitrogens is 2. The Kier molecular flexibility index (Phi) is 4.68. The lowest BCUT2D eigenvalue weighted by Crippen LogP contribution is -2.05. The number of rotatable bonds is 4. The highest BCUT2D eigenvalue weighted by Gasteiger charge is 2.07. The van der Waals surface area contributed by atoms with E-state index >= 15 is 0 Å². The molecule has 0 spiro atoms. The van der Waals surface area contributed by atoms with Gasteiger partial charge in [0.15, 0.2) is 0 Å². The maximum atomic E-state index is 4.42. The number of anilines is 1. The van der Waals surface area contributed by atoms with Crippen molar-refractivity contribution in [3.8, 4) is 0 Å². The van der Waals surface area contributed by atoms with Crippen LogP contribution in [0.25, 0.3) is 0 Å². The maximum absolute atomic E-state index is 4.42. The summed E-state index contributed by atoms with van der Waals surface area (Å²) in [6, 6.07) is 0. The van der Waals surface area contributed by atoms with Gasteiger partial charge in [0.05, 0.1) is 15.9 Å². The molecule has 0 aliphatic rings. The summed E-state index contributed by atoms with van der Waals surface area (Å²) in [6.07, 6.45) is 2.05. The molecule has 1 rings (SSSR count). The molecule has 1 heterocycles. The SMILES string of the molecule is CCNc1nc(CSC)nc(C)c1Br. The third-order valence-corrected chi connectivity index (χ3v) is 3.18. The zero-order valence-corrected chi connectivity index (χ0v) is 11.0. The number of nitrogens with one attached hydrogen (secondary N) is 1. The molecule has 3 nitrogen and oxygen atoms in total. The first-order chi connectivity index (χ1) is 6.69. The zero-order valence-electron chi connectivity index (χ0n) is 8.59. The topological polar surface area (TPSA) is 37.8 Å². The number of halogens is 1. The second kappa shape index (κ2) is 5.56. The van der Waals surface area contributed by atoms with Crippen LogP contribution >= 0.6 is 27.7 Å². The van der Waals surface area contributed by atoms with Gasteiger partial charge in [0.1, 0.15) is 11.6 Å². The fraction of sp³-hybridized carbons (Fsp3) is 0.556. The fourth-order valence-corrected chi connectivity index (χ4v) is 1.80. The summed E-state index contributed by atoms with van der Waals surface area (Å²) < 4.78 is 0.962. The predicted molar refractivity (Wildman–Crippen MR) is 65.9 cm³/mol. The van der Waals surface area contributed by atoms with Crippen LogP contribution in [-0.4, -0.2) is 22.8 Å². The molecule has 0 amide bonds. The Morgan fingerprint density at radius 2 is 2.14 bits per heavy atom. The highest BCUT2D eigenvalue weighted by molar-refractivity contribution is 9.10. The lowest BCUT2D eigenvalue weighted by Gasteiger charge is -2.09. The number of aryl methyl sites for hydroxylation is 1. The Labute approximate surface area is 97.2 Å². The van der Waals surface area contributed by atoms with E-state index in [-0.39, 0.29) is 0 Å². The summed E-state index contributed by atoms with van der Waals surface area (Å²) in [5.74, 6) is 2.63. The molecule has 0 saturated carbocycles. The first kappa shape index (κ1) is 11.8. The minimum Gasteiger partial charge on any atom is -0.369 e. The van der Waals surface area contributed by atoms with E-state index in [4.69, 9.17) is 0 Å². The molecule has 78 valence electrons. The van der Waals surface area contributed by atoms with Gasteiger partial charge < -0.3 is 5.32 Å². The fourth-order valence-electron chi connectivity index (χ4n) is 1.10. The molecule has 0 saturated heterocycles. The van der Waals surface area contributed by atoms with Gasteiger partial charge in [-0.15, -0.1) is 0 Å². The molecule has 5 heteroatoms. The lowest BCUT2D eigenvalue weighted by atomic mass is 10.4. The van der Waals surface area contributed by atoms with E-state index in [2.05, 4.69) is 38.1 Å². The Balaban J connectivity index is 3.01. The molecule has 14 heavy (non-hydrogen) atoms. The van der Waals surface area contributed by atoms with E-state index in [0.29, 0.717) is 0 Å². The third kappa shape index (κ3) is 2.85. The van der Waals surface area contributed by atoms with Crippen molar-refractivity contribution in [3.63, 3.8) is 0 Å². The minimum absolute atomic E-state index is 0.854. The van der Waals surface area contributed by atoms with Crippen molar-refractivity contribution in [2.75, 3.05) is 18.1 Å². The Morgan fingerprint density at radius 3 is 2.71 bits per heavy atom. The van der Waals surface area contributed by atoms with Crippen LogP contribution in [0.15, 0.2) is 4.47 Å². The molecule has 0 atom stereocenters.